The van der Waals surface area contributed by atoms with Gasteiger partial charge < -0.3 is 9.88 Å². The van der Waals surface area contributed by atoms with Gasteiger partial charge in [-0.1, -0.05) is 6.92 Å². The van der Waals surface area contributed by atoms with Crippen molar-refractivity contribution in [3.05, 3.63) is 42.4 Å². The second kappa shape index (κ2) is 7.13. The standard InChI is InChI=1S/C20H27N7/c1-4-10-27-15(2)17(12-24-27)18-5-8-22-19(25-18)23-13-20(6-7-20)14-26-11-9-21-16(26)3/h5,8-9,11-12H,4,6-7,10,13-14H2,1-3H3,(H,22,23,25). The average Bonchev–Trinajstić information content (AvgIpc) is 3.19. The Labute approximate surface area is 159 Å². The van der Waals surface area contributed by atoms with Crippen molar-refractivity contribution in [3.8, 4) is 11.3 Å². The largest absolute Gasteiger partial charge is 0.354 e. The highest BCUT2D eigenvalue weighted by Crippen LogP contribution is 2.47. The monoisotopic (exact) mass is 365 g/mol. The average molecular weight is 365 g/mol. The number of hydrogen-bond donors (Lipinski definition) is 1. The lowest BCUT2D eigenvalue weighted by Gasteiger charge is -2.17. The molecule has 0 aliphatic heterocycles. The van der Waals surface area contributed by atoms with Gasteiger partial charge in [0.05, 0.1) is 11.9 Å². The summed E-state index contributed by atoms with van der Waals surface area (Å²) >= 11 is 0. The van der Waals surface area contributed by atoms with Gasteiger partial charge >= 0.3 is 0 Å². The van der Waals surface area contributed by atoms with Gasteiger partial charge in [0, 0.05) is 54.9 Å². The molecule has 3 aromatic heterocycles. The van der Waals surface area contributed by atoms with Crippen LogP contribution >= 0.6 is 0 Å². The van der Waals surface area contributed by atoms with E-state index in [9.17, 15) is 0 Å². The predicted molar refractivity (Wildman–Crippen MR) is 105 cm³/mol. The minimum atomic E-state index is 0.284. The number of hydrogen-bond acceptors (Lipinski definition) is 5. The van der Waals surface area contributed by atoms with Gasteiger partial charge in [0.25, 0.3) is 0 Å². The lowest BCUT2D eigenvalue weighted by Crippen LogP contribution is -2.22. The van der Waals surface area contributed by atoms with Gasteiger partial charge in [-0.25, -0.2) is 15.0 Å². The molecule has 1 N–H and O–H groups in total. The van der Waals surface area contributed by atoms with Crippen LogP contribution in [0.5, 0.6) is 0 Å². The molecule has 1 aliphatic carbocycles. The van der Waals surface area contributed by atoms with Gasteiger partial charge in [0.2, 0.25) is 5.95 Å². The second-order valence-corrected chi connectivity index (χ2v) is 7.59. The van der Waals surface area contributed by atoms with Crippen LogP contribution in [0.2, 0.25) is 0 Å². The molecule has 0 aromatic carbocycles. The molecule has 1 aliphatic rings. The van der Waals surface area contributed by atoms with E-state index >= 15 is 0 Å². The molecular formula is C20H27N7. The van der Waals surface area contributed by atoms with Crippen molar-refractivity contribution < 1.29 is 0 Å². The number of aromatic nitrogens is 6. The van der Waals surface area contributed by atoms with Crippen molar-refractivity contribution >= 4 is 5.95 Å². The summed E-state index contributed by atoms with van der Waals surface area (Å²) in [5, 5.41) is 7.94. The zero-order chi connectivity index (χ0) is 18.9. The molecule has 142 valence electrons. The molecule has 3 heterocycles. The quantitative estimate of drug-likeness (QED) is 0.662. The molecule has 1 fully saturated rings. The summed E-state index contributed by atoms with van der Waals surface area (Å²) in [5.74, 6) is 1.75. The highest BCUT2D eigenvalue weighted by atomic mass is 15.3. The summed E-state index contributed by atoms with van der Waals surface area (Å²) in [5.41, 5.74) is 3.43. The molecule has 3 aromatic rings. The zero-order valence-electron chi connectivity index (χ0n) is 16.3. The van der Waals surface area contributed by atoms with Crippen LogP contribution in [0.3, 0.4) is 0 Å². The van der Waals surface area contributed by atoms with Crippen LogP contribution in [-0.2, 0) is 13.1 Å². The molecule has 0 unspecified atom stereocenters. The Morgan fingerprint density at radius 2 is 2.04 bits per heavy atom. The third kappa shape index (κ3) is 3.72. The first kappa shape index (κ1) is 17.7. The summed E-state index contributed by atoms with van der Waals surface area (Å²) in [4.78, 5) is 13.5. The molecule has 4 rings (SSSR count). The van der Waals surface area contributed by atoms with Crippen LogP contribution in [0, 0.1) is 19.3 Å². The first-order valence-electron chi connectivity index (χ1n) is 9.68. The minimum Gasteiger partial charge on any atom is -0.354 e. The van der Waals surface area contributed by atoms with Crippen LogP contribution in [0.15, 0.2) is 30.9 Å². The number of nitrogens with zero attached hydrogens (tertiary/aromatic N) is 6. The highest BCUT2D eigenvalue weighted by molar-refractivity contribution is 5.61. The van der Waals surface area contributed by atoms with E-state index in [1.807, 2.05) is 29.3 Å². The van der Waals surface area contributed by atoms with Gasteiger partial charge in [0.15, 0.2) is 0 Å². The highest BCUT2D eigenvalue weighted by Gasteiger charge is 2.43. The summed E-state index contributed by atoms with van der Waals surface area (Å²) in [6, 6.07) is 1.95. The number of rotatable bonds is 8. The fourth-order valence-corrected chi connectivity index (χ4v) is 3.50. The van der Waals surface area contributed by atoms with E-state index in [1.54, 1.807) is 0 Å². The maximum Gasteiger partial charge on any atom is 0.223 e. The molecule has 1 saturated carbocycles. The topological polar surface area (TPSA) is 73.5 Å². The summed E-state index contributed by atoms with van der Waals surface area (Å²) in [6.45, 7) is 9.11. The van der Waals surface area contributed by atoms with Crippen molar-refractivity contribution in [3.63, 3.8) is 0 Å². The van der Waals surface area contributed by atoms with E-state index in [-0.39, 0.29) is 5.41 Å². The molecule has 0 spiro atoms. The Morgan fingerprint density at radius 1 is 1.19 bits per heavy atom. The molecule has 0 bridgehead atoms. The molecule has 27 heavy (non-hydrogen) atoms. The molecule has 0 saturated heterocycles. The summed E-state index contributed by atoms with van der Waals surface area (Å²) in [6.07, 6.45) is 11.2. The Hall–Kier alpha value is -2.70. The first-order valence-corrected chi connectivity index (χ1v) is 9.68. The van der Waals surface area contributed by atoms with E-state index in [0.717, 1.165) is 48.8 Å². The Bertz CT molecular complexity index is 920. The SMILES string of the molecule is CCCn1ncc(-c2ccnc(NCC3(Cn4ccnc4C)CC3)n2)c1C. The number of imidazole rings is 1. The fourth-order valence-electron chi connectivity index (χ4n) is 3.50. The fraction of sp³-hybridized carbons (Fsp3) is 0.500. The Balaban J connectivity index is 1.45. The minimum absolute atomic E-state index is 0.284. The normalized spacial score (nSPS) is 15.1. The van der Waals surface area contributed by atoms with Crippen LogP contribution in [0.4, 0.5) is 5.95 Å². The summed E-state index contributed by atoms with van der Waals surface area (Å²) in [7, 11) is 0. The lowest BCUT2D eigenvalue weighted by atomic mass is 10.1. The van der Waals surface area contributed by atoms with Gasteiger partial charge in [0.1, 0.15) is 5.82 Å². The third-order valence-electron chi connectivity index (χ3n) is 5.48. The Morgan fingerprint density at radius 3 is 2.74 bits per heavy atom. The van der Waals surface area contributed by atoms with Gasteiger partial charge in [-0.3, -0.25) is 4.68 Å². The number of anilines is 1. The molecular weight excluding hydrogens is 338 g/mol. The van der Waals surface area contributed by atoms with E-state index < -0.39 is 0 Å². The molecule has 0 amide bonds. The van der Waals surface area contributed by atoms with Crippen molar-refractivity contribution in [1.29, 1.82) is 0 Å². The lowest BCUT2D eigenvalue weighted by molar-refractivity contribution is 0.438. The van der Waals surface area contributed by atoms with E-state index in [0.29, 0.717) is 5.95 Å². The zero-order valence-corrected chi connectivity index (χ0v) is 16.3. The first-order chi connectivity index (χ1) is 13.1. The van der Waals surface area contributed by atoms with Crippen LogP contribution in [0.25, 0.3) is 11.3 Å². The summed E-state index contributed by atoms with van der Waals surface area (Å²) < 4.78 is 4.27. The molecule has 0 atom stereocenters. The van der Waals surface area contributed by atoms with E-state index in [2.05, 4.69) is 51.9 Å². The van der Waals surface area contributed by atoms with Gasteiger partial charge in [-0.15, -0.1) is 0 Å². The van der Waals surface area contributed by atoms with Crippen molar-refractivity contribution in [2.45, 2.75) is 53.1 Å². The van der Waals surface area contributed by atoms with Crippen molar-refractivity contribution in [1.82, 2.24) is 29.3 Å². The van der Waals surface area contributed by atoms with Crippen LogP contribution in [-0.4, -0.2) is 35.8 Å². The Kier molecular flexibility index (Phi) is 4.68. The molecule has 7 nitrogen and oxygen atoms in total. The molecule has 7 heteroatoms. The third-order valence-corrected chi connectivity index (χ3v) is 5.48. The smallest absolute Gasteiger partial charge is 0.223 e. The van der Waals surface area contributed by atoms with Crippen molar-refractivity contribution in [2.75, 3.05) is 11.9 Å². The maximum atomic E-state index is 4.73. The number of nitrogens with one attached hydrogen (secondary N) is 1. The van der Waals surface area contributed by atoms with Crippen LogP contribution < -0.4 is 5.32 Å². The predicted octanol–water partition coefficient (Wildman–Crippen LogP) is 3.46. The number of aryl methyl sites for hydroxylation is 2. The maximum absolute atomic E-state index is 4.73. The van der Waals surface area contributed by atoms with Gasteiger partial charge in [-0.2, -0.15) is 5.10 Å². The van der Waals surface area contributed by atoms with E-state index in [4.69, 9.17) is 4.98 Å². The van der Waals surface area contributed by atoms with Crippen LogP contribution in [0.1, 0.15) is 37.7 Å². The van der Waals surface area contributed by atoms with E-state index in [1.165, 1.54) is 12.8 Å². The second-order valence-electron chi connectivity index (χ2n) is 7.59. The van der Waals surface area contributed by atoms with Gasteiger partial charge in [-0.05, 0) is 39.2 Å². The van der Waals surface area contributed by atoms with Crippen molar-refractivity contribution in [2.24, 2.45) is 5.41 Å². The molecule has 0 radical (unpaired) electrons.